The van der Waals surface area contributed by atoms with Crippen LogP contribution < -0.4 is 5.56 Å². The van der Waals surface area contributed by atoms with Gasteiger partial charge in [0.2, 0.25) is 0 Å². The third-order valence-corrected chi connectivity index (χ3v) is 6.37. The van der Waals surface area contributed by atoms with E-state index in [-0.39, 0.29) is 5.56 Å². The monoisotopic (exact) mass is 351 g/mol. The van der Waals surface area contributed by atoms with Gasteiger partial charge in [0, 0.05) is 31.1 Å². The fourth-order valence-electron chi connectivity index (χ4n) is 3.54. The van der Waals surface area contributed by atoms with Gasteiger partial charge in [0.05, 0.1) is 18.6 Å². The first kappa shape index (κ1) is 15.5. The van der Waals surface area contributed by atoms with Gasteiger partial charge in [-0.15, -0.1) is 11.3 Å². The number of aryl methyl sites for hydroxylation is 2. The first-order valence-electron chi connectivity index (χ1n) is 8.31. The van der Waals surface area contributed by atoms with Gasteiger partial charge in [-0.1, -0.05) is 0 Å². The molecule has 0 aromatic carbocycles. The number of rotatable bonds is 3. The lowest BCUT2D eigenvalue weighted by Crippen LogP contribution is -2.39. The molecule has 4 rings (SSSR count). The molecule has 2 aromatic heterocycles. The second-order valence-electron chi connectivity index (χ2n) is 6.26. The molecular formula is C16H21N3O2S2. The molecule has 1 saturated heterocycles. The van der Waals surface area contributed by atoms with E-state index < -0.39 is 0 Å². The van der Waals surface area contributed by atoms with Crippen LogP contribution in [-0.4, -0.2) is 47.3 Å². The summed E-state index contributed by atoms with van der Waals surface area (Å²) in [4.78, 5) is 21.0. The molecule has 1 N–H and O–H groups in total. The molecule has 7 heteroatoms. The van der Waals surface area contributed by atoms with Gasteiger partial charge in [0.25, 0.3) is 5.56 Å². The average molecular weight is 351 g/mol. The Bertz CT molecular complexity index is 830. The van der Waals surface area contributed by atoms with Crippen molar-refractivity contribution in [1.82, 2.24) is 14.5 Å². The van der Waals surface area contributed by atoms with E-state index in [0.717, 1.165) is 55.9 Å². The number of thiophene rings is 1. The number of H-pyrrole nitrogens is 1. The van der Waals surface area contributed by atoms with Crippen molar-refractivity contribution in [2.24, 2.45) is 0 Å². The molecule has 0 saturated carbocycles. The van der Waals surface area contributed by atoms with Crippen LogP contribution in [0.4, 0.5) is 0 Å². The molecule has 0 radical (unpaired) electrons. The first-order valence-corrected chi connectivity index (χ1v) is 9.54. The molecular weight excluding hydrogens is 330 g/mol. The maximum absolute atomic E-state index is 13.0. The van der Waals surface area contributed by atoms with Crippen LogP contribution in [0, 0.1) is 4.77 Å². The minimum Gasteiger partial charge on any atom is -0.379 e. The summed E-state index contributed by atoms with van der Waals surface area (Å²) in [7, 11) is 0. The van der Waals surface area contributed by atoms with Gasteiger partial charge < -0.3 is 9.72 Å². The number of aromatic amines is 1. The molecule has 0 bridgehead atoms. The van der Waals surface area contributed by atoms with Gasteiger partial charge in [-0.25, -0.2) is 0 Å². The highest BCUT2D eigenvalue weighted by Gasteiger charge is 2.20. The quantitative estimate of drug-likeness (QED) is 0.863. The van der Waals surface area contributed by atoms with Crippen LogP contribution in [0.15, 0.2) is 4.79 Å². The van der Waals surface area contributed by atoms with Crippen molar-refractivity contribution in [3.05, 3.63) is 25.6 Å². The Morgan fingerprint density at radius 1 is 1.17 bits per heavy atom. The van der Waals surface area contributed by atoms with Crippen molar-refractivity contribution < 1.29 is 4.74 Å². The van der Waals surface area contributed by atoms with E-state index in [9.17, 15) is 4.79 Å². The molecule has 0 atom stereocenters. The Balaban J connectivity index is 1.69. The number of aromatic nitrogens is 2. The molecule has 23 heavy (non-hydrogen) atoms. The molecule has 5 nitrogen and oxygen atoms in total. The number of ether oxygens (including phenoxy) is 1. The summed E-state index contributed by atoms with van der Waals surface area (Å²) in [5, 5.41) is 0.889. The molecule has 0 spiro atoms. The zero-order valence-electron chi connectivity index (χ0n) is 13.1. The van der Waals surface area contributed by atoms with Crippen LogP contribution in [0.3, 0.4) is 0 Å². The standard InChI is InChI=1S/C16H21N3O2S2/c20-15-13-11-3-1-2-4-12(11)23-14(13)17-16(22)19(15)6-5-18-7-9-21-10-8-18/h1-10H2,(H,17,22). The summed E-state index contributed by atoms with van der Waals surface area (Å²) in [6, 6.07) is 0. The predicted octanol–water partition coefficient (Wildman–Crippen LogP) is 2.33. The van der Waals surface area contributed by atoms with Crippen LogP contribution in [0.2, 0.25) is 0 Å². The van der Waals surface area contributed by atoms with E-state index in [2.05, 4.69) is 9.88 Å². The number of hydrogen-bond acceptors (Lipinski definition) is 5. The highest BCUT2D eigenvalue weighted by Crippen LogP contribution is 2.33. The molecule has 0 unspecified atom stereocenters. The second kappa shape index (κ2) is 6.47. The number of hydrogen-bond donors (Lipinski definition) is 1. The zero-order chi connectivity index (χ0) is 15.8. The Labute approximate surface area is 143 Å². The molecule has 2 aliphatic rings. The Morgan fingerprint density at radius 2 is 1.96 bits per heavy atom. The topological polar surface area (TPSA) is 50.3 Å². The Morgan fingerprint density at radius 3 is 2.78 bits per heavy atom. The summed E-state index contributed by atoms with van der Waals surface area (Å²) in [6.07, 6.45) is 4.54. The van der Waals surface area contributed by atoms with Crippen molar-refractivity contribution >= 4 is 33.8 Å². The fourth-order valence-corrected chi connectivity index (χ4v) is 5.16. The van der Waals surface area contributed by atoms with Crippen molar-refractivity contribution in [3.8, 4) is 0 Å². The van der Waals surface area contributed by atoms with E-state index in [0.29, 0.717) is 11.3 Å². The van der Waals surface area contributed by atoms with Crippen LogP contribution in [0.25, 0.3) is 10.2 Å². The summed E-state index contributed by atoms with van der Waals surface area (Å²) in [6.45, 7) is 4.91. The third kappa shape index (κ3) is 2.91. The second-order valence-corrected chi connectivity index (χ2v) is 7.75. The molecule has 1 aliphatic carbocycles. The predicted molar refractivity (Wildman–Crippen MR) is 95.2 cm³/mol. The average Bonchev–Trinajstić information content (AvgIpc) is 2.93. The van der Waals surface area contributed by atoms with E-state index >= 15 is 0 Å². The number of nitrogens with one attached hydrogen (secondary N) is 1. The van der Waals surface area contributed by atoms with Gasteiger partial charge in [-0.2, -0.15) is 0 Å². The maximum atomic E-state index is 13.0. The van der Waals surface area contributed by atoms with Crippen molar-refractivity contribution in [3.63, 3.8) is 0 Å². The summed E-state index contributed by atoms with van der Waals surface area (Å²) in [5.41, 5.74) is 1.36. The molecule has 1 aliphatic heterocycles. The SMILES string of the molecule is O=c1c2c3c(sc2[nH]c(=S)n1CCN1CCOCC1)CCCC3. The lowest BCUT2D eigenvalue weighted by molar-refractivity contribution is 0.0362. The van der Waals surface area contributed by atoms with Gasteiger partial charge in [0.15, 0.2) is 4.77 Å². The van der Waals surface area contributed by atoms with Crippen LogP contribution >= 0.6 is 23.6 Å². The molecule has 2 aromatic rings. The highest BCUT2D eigenvalue weighted by molar-refractivity contribution is 7.71. The van der Waals surface area contributed by atoms with Gasteiger partial charge in [0.1, 0.15) is 4.83 Å². The summed E-state index contributed by atoms with van der Waals surface area (Å²) >= 11 is 7.17. The van der Waals surface area contributed by atoms with Crippen molar-refractivity contribution in [2.45, 2.75) is 32.2 Å². The molecule has 1 fully saturated rings. The maximum Gasteiger partial charge on any atom is 0.263 e. The first-order chi connectivity index (χ1) is 11.2. The lowest BCUT2D eigenvalue weighted by Gasteiger charge is -2.26. The summed E-state index contributed by atoms with van der Waals surface area (Å²) in [5.74, 6) is 0. The normalized spacial score (nSPS) is 19.1. The largest absolute Gasteiger partial charge is 0.379 e. The van der Waals surface area contributed by atoms with Gasteiger partial charge in [-0.3, -0.25) is 14.3 Å². The van der Waals surface area contributed by atoms with Crippen LogP contribution in [-0.2, 0) is 24.1 Å². The molecule has 3 heterocycles. The molecule has 0 amide bonds. The lowest BCUT2D eigenvalue weighted by atomic mass is 9.97. The number of nitrogens with zero attached hydrogens (tertiary/aromatic N) is 2. The minimum absolute atomic E-state index is 0.0939. The zero-order valence-corrected chi connectivity index (χ0v) is 14.7. The summed E-state index contributed by atoms with van der Waals surface area (Å²) < 4.78 is 7.67. The van der Waals surface area contributed by atoms with Gasteiger partial charge in [-0.05, 0) is 43.5 Å². The molecule has 124 valence electrons. The van der Waals surface area contributed by atoms with Crippen molar-refractivity contribution in [2.75, 3.05) is 32.8 Å². The minimum atomic E-state index is 0.0939. The van der Waals surface area contributed by atoms with Crippen LogP contribution in [0.1, 0.15) is 23.3 Å². The van der Waals surface area contributed by atoms with E-state index in [1.807, 2.05) is 0 Å². The van der Waals surface area contributed by atoms with E-state index in [1.165, 1.54) is 23.3 Å². The van der Waals surface area contributed by atoms with E-state index in [1.54, 1.807) is 15.9 Å². The highest BCUT2D eigenvalue weighted by atomic mass is 32.1. The Kier molecular flexibility index (Phi) is 4.36. The number of morpholine rings is 1. The third-order valence-electron chi connectivity index (χ3n) is 4.84. The van der Waals surface area contributed by atoms with Gasteiger partial charge >= 0.3 is 0 Å². The smallest absolute Gasteiger partial charge is 0.263 e. The number of fused-ring (bicyclic) bond motifs is 3. The van der Waals surface area contributed by atoms with Crippen molar-refractivity contribution in [1.29, 1.82) is 0 Å². The van der Waals surface area contributed by atoms with Crippen LogP contribution in [0.5, 0.6) is 0 Å². The van der Waals surface area contributed by atoms with E-state index in [4.69, 9.17) is 17.0 Å². The Hall–Kier alpha value is -1.02. The fraction of sp³-hybridized carbons (Fsp3) is 0.625.